The van der Waals surface area contributed by atoms with Gasteiger partial charge in [-0.3, -0.25) is 4.79 Å². The van der Waals surface area contributed by atoms with Gasteiger partial charge in [0.2, 0.25) is 5.91 Å². The van der Waals surface area contributed by atoms with Crippen molar-refractivity contribution < 1.29 is 23.8 Å². The van der Waals surface area contributed by atoms with Gasteiger partial charge in [0.15, 0.2) is 0 Å². The fourth-order valence-corrected chi connectivity index (χ4v) is 2.30. The number of carbonyl (C=O) groups excluding carboxylic acids is 1. The fraction of sp³-hybridized carbons (Fsp3) is 0.263. The van der Waals surface area contributed by atoms with Gasteiger partial charge in [-0.15, -0.1) is 0 Å². The third-order valence-electron chi connectivity index (χ3n) is 3.59. The van der Waals surface area contributed by atoms with Crippen molar-refractivity contribution in [3.63, 3.8) is 0 Å². The fourth-order valence-electron chi connectivity index (χ4n) is 2.30. The highest BCUT2D eigenvalue weighted by molar-refractivity contribution is 5.89. The van der Waals surface area contributed by atoms with Crippen molar-refractivity contribution in [1.82, 2.24) is 5.32 Å². The smallest absolute Gasteiger partial charge is 0.335 e. The maximum Gasteiger partial charge on any atom is 0.335 e. The number of ether oxygens (including phenoxy) is 1. The molecule has 0 aliphatic carbocycles. The second kappa shape index (κ2) is 9.42. The molecular weight excluding hydrogens is 325 g/mol. The maximum absolute atomic E-state index is 12.7. The Bertz CT molecular complexity index is 716. The number of halogens is 1. The number of rotatable bonds is 9. The lowest BCUT2D eigenvalue weighted by atomic mass is 10.0. The lowest BCUT2D eigenvalue weighted by Crippen LogP contribution is -2.26. The normalized spacial score (nSPS) is 10.3. The van der Waals surface area contributed by atoms with E-state index in [1.165, 1.54) is 18.2 Å². The van der Waals surface area contributed by atoms with Crippen molar-refractivity contribution in [3.8, 4) is 5.75 Å². The van der Waals surface area contributed by atoms with E-state index < -0.39 is 5.97 Å². The molecule has 132 valence electrons. The first-order valence-corrected chi connectivity index (χ1v) is 8.02. The second-order valence-electron chi connectivity index (χ2n) is 5.47. The van der Waals surface area contributed by atoms with Gasteiger partial charge in [0.25, 0.3) is 0 Å². The SMILES string of the molecule is O=C(CCc1ccccc1C(=O)O)NCCCOc1ccc(F)cc1. The van der Waals surface area contributed by atoms with Crippen molar-refractivity contribution in [3.05, 3.63) is 65.5 Å². The molecule has 25 heavy (non-hydrogen) atoms. The number of hydrogen-bond donors (Lipinski definition) is 2. The van der Waals surface area contributed by atoms with Gasteiger partial charge in [-0.25, -0.2) is 9.18 Å². The average Bonchev–Trinajstić information content (AvgIpc) is 2.61. The summed E-state index contributed by atoms with van der Waals surface area (Å²) >= 11 is 0. The molecule has 2 aromatic carbocycles. The molecule has 0 atom stereocenters. The Hall–Kier alpha value is -2.89. The molecule has 0 fully saturated rings. The van der Waals surface area contributed by atoms with Crippen molar-refractivity contribution >= 4 is 11.9 Å². The van der Waals surface area contributed by atoms with E-state index in [0.717, 1.165) is 0 Å². The highest BCUT2D eigenvalue weighted by Gasteiger charge is 2.10. The molecule has 0 radical (unpaired) electrons. The van der Waals surface area contributed by atoms with E-state index in [4.69, 9.17) is 9.84 Å². The van der Waals surface area contributed by atoms with Crippen LogP contribution in [0.5, 0.6) is 5.75 Å². The van der Waals surface area contributed by atoms with E-state index in [0.29, 0.717) is 37.3 Å². The van der Waals surface area contributed by atoms with Crippen LogP contribution < -0.4 is 10.1 Å². The molecule has 2 N–H and O–H groups in total. The van der Waals surface area contributed by atoms with Crippen LogP contribution in [0.25, 0.3) is 0 Å². The van der Waals surface area contributed by atoms with Gasteiger partial charge in [0.05, 0.1) is 12.2 Å². The van der Waals surface area contributed by atoms with E-state index in [-0.39, 0.29) is 23.7 Å². The van der Waals surface area contributed by atoms with Crippen LogP contribution in [0.4, 0.5) is 4.39 Å². The number of carboxylic acid groups (broad SMARTS) is 1. The van der Waals surface area contributed by atoms with Crippen LogP contribution in [-0.2, 0) is 11.2 Å². The molecule has 2 rings (SSSR count). The zero-order valence-electron chi connectivity index (χ0n) is 13.7. The van der Waals surface area contributed by atoms with Gasteiger partial charge in [-0.05, 0) is 48.7 Å². The number of hydrogen-bond acceptors (Lipinski definition) is 3. The van der Waals surface area contributed by atoms with Gasteiger partial charge in [0, 0.05) is 13.0 Å². The van der Waals surface area contributed by atoms with Crippen molar-refractivity contribution in [2.75, 3.05) is 13.2 Å². The average molecular weight is 345 g/mol. The van der Waals surface area contributed by atoms with Crippen LogP contribution in [0, 0.1) is 5.82 Å². The minimum absolute atomic E-state index is 0.137. The van der Waals surface area contributed by atoms with Crippen LogP contribution in [0.15, 0.2) is 48.5 Å². The van der Waals surface area contributed by atoms with Crippen LogP contribution in [0.1, 0.15) is 28.8 Å². The largest absolute Gasteiger partial charge is 0.494 e. The number of aromatic carboxylic acids is 1. The Balaban J connectivity index is 1.64. The summed E-state index contributed by atoms with van der Waals surface area (Å²) in [5.74, 6) is -0.863. The maximum atomic E-state index is 12.7. The summed E-state index contributed by atoms with van der Waals surface area (Å²) in [5, 5.41) is 11.9. The standard InChI is InChI=1S/C19H20FNO4/c20-15-7-9-16(10-8-15)25-13-3-12-21-18(22)11-6-14-4-1-2-5-17(14)19(23)24/h1-2,4-5,7-10H,3,6,11-13H2,(H,21,22)(H,23,24). The summed E-state index contributed by atoms with van der Waals surface area (Å²) in [6, 6.07) is 12.4. The molecule has 0 aliphatic heterocycles. The molecule has 0 unspecified atom stereocenters. The first-order valence-electron chi connectivity index (χ1n) is 8.02. The number of carboxylic acids is 1. The van der Waals surface area contributed by atoms with Gasteiger partial charge in [0.1, 0.15) is 11.6 Å². The first-order chi connectivity index (χ1) is 12.1. The van der Waals surface area contributed by atoms with E-state index in [1.807, 2.05) is 0 Å². The first kappa shape index (κ1) is 18.4. The lowest BCUT2D eigenvalue weighted by molar-refractivity contribution is -0.121. The minimum atomic E-state index is -0.992. The Morgan fingerprint density at radius 2 is 1.80 bits per heavy atom. The predicted molar refractivity (Wildman–Crippen MR) is 91.2 cm³/mol. The lowest BCUT2D eigenvalue weighted by Gasteiger charge is -2.08. The third-order valence-corrected chi connectivity index (χ3v) is 3.59. The van der Waals surface area contributed by atoms with Gasteiger partial charge < -0.3 is 15.2 Å². The van der Waals surface area contributed by atoms with E-state index in [1.54, 1.807) is 30.3 Å². The molecule has 6 heteroatoms. The third kappa shape index (κ3) is 6.25. The van der Waals surface area contributed by atoms with Crippen LogP contribution in [0.3, 0.4) is 0 Å². The number of benzene rings is 2. The quantitative estimate of drug-likeness (QED) is 0.685. The molecule has 5 nitrogen and oxygen atoms in total. The summed E-state index contributed by atoms with van der Waals surface area (Å²) in [4.78, 5) is 22.9. The molecular formula is C19H20FNO4. The molecule has 0 saturated carbocycles. The van der Waals surface area contributed by atoms with E-state index >= 15 is 0 Å². The summed E-state index contributed by atoms with van der Waals surface area (Å²) < 4.78 is 18.2. The zero-order chi connectivity index (χ0) is 18.1. The van der Waals surface area contributed by atoms with Crippen molar-refractivity contribution in [2.24, 2.45) is 0 Å². The number of carbonyl (C=O) groups is 2. The zero-order valence-corrected chi connectivity index (χ0v) is 13.7. The number of amides is 1. The molecule has 2 aromatic rings. The van der Waals surface area contributed by atoms with Gasteiger partial charge in [-0.2, -0.15) is 0 Å². The summed E-state index contributed by atoms with van der Waals surface area (Å²) in [7, 11) is 0. The molecule has 0 aromatic heterocycles. The topological polar surface area (TPSA) is 75.6 Å². The molecule has 0 bridgehead atoms. The van der Waals surface area contributed by atoms with Crippen molar-refractivity contribution in [1.29, 1.82) is 0 Å². The predicted octanol–water partition coefficient (Wildman–Crippen LogP) is 3.04. The molecule has 1 amide bonds. The second-order valence-corrected chi connectivity index (χ2v) is 5.47. The summed E-state index contributed by atoms with van der Waals surface area (Å²) in [6.45, 7) is 0.869. The van der Waals surface area contributed by atoms with Gasteiger partial charge >= 0.3 is 5.97 Å². The number of nitrogens with one attached hydrogen (secondary N) is 1. The minimum Gasteiger partial charge on any atom is -0.494 e. The number of aryl methyl sites for hydroxylation is 1. The summed E-state index contributed by atoms with van der Waals surface area (Å²) in [5.41, 5.74) is 0.868. The van der Waals surface area contributed by atoms with Crippen molar-refractivity contribution in [2.45, 2.75) is 19.3 Å². The van der Waals surface area contributed by atoms with Gasteiger partial charge in [-0.1, -0.05) is 18.2 Å². The highest BCUT2D eigenvalue weighted by Crippen LogP contribution is 2.12. The monoisotopic (exact) mass is 345 g/mol. The molecule has 0 saturated heterocycles. The Labute approximate surface area is 145 Å². The Morgan fingerprint density at radius 1 is 1.08 bits per heavy atom. The Morgan fingerprint density at radius 3 is 2.52 bits per heavy atom. The molecule has 0 spiro atoms. The van der Waals surface area contributed by atoms with Crippen LogP contribution in [0.2, 0.25) is 0 Å². The van der Waals surface area contributed by atoms with Crippen LogP contribution in [-0.4, -0.2) is 30.1 Å². The Kier molecular flexibility index (Phi) is 6.95. The molecule has 0 heterocycles. The highest BCUT2D eigenvalue weighted by atomic mass is 19.1. The van der Waals surface area contributed by atoms with E-state index in [9.17, 15) is 14.0 Å². The van der Waals surface area contributed by atoms with E-state index in [2.05, 4.69) is 5.32 Å². The summed E-state index contributed by atoms with van der Waals surface area (Å²) in [6.07, 6.45) is 1.22. The van der Waals surface area contributed by atoms with Crippen LogP contribution >= 0.6 is 0 Å². The molecule has 0 aliphatic rings.